The maximum absolute atomic E-state index is 12.9. The van der Waals surface area contributed by atoms with Crippen LogP contribution in [0.4, 0.5) is 5.69 Å². The Morgan fingerprint density at radius 1 is 1.07 bits per heavy atom. The summed E-state index contributed by atoms with van der Waals surface area (Å²) >= 11 is 1.44. The molecule has 154 valence electrons. The lowest BCUT2D eigenvalue weighted by atomic mass is 10.1. The highest BCUT2D eigenvalue weighted by Gasteiger charge is 2.23. The maximum Gasteiger partial charge on any atom is 0.340 e. The maximum atomic E-state index is 12.9. The smallest absolute Gasteiger partial charge is 0.340 e. The van der Waals surface area contributed by atoms with Crippen LogP contribution in [0.3, 0.4) is 0 Å². The van der Waals surface area contributed by atoms with Crippen LogP contribution in [0, 0.1) is 6.92 Å². The normalized spacial score (nSPS) is 12.2. The molecule has 0 aliphatic carbocycles. The van der Waals surface area contributed by atoms with E-state index >= 15 is 0 Å². The number of methoxy groups -OCH3 is 1. The van der Waals surface area contributed by atoms with Gasteiger partial charge in [0.05, 0.1) is 18.4 Å². The molecule has 0 unspecified atom stereocenters. The van der Waals surface area contributed by atoms with Crippen LogP contribution in [0.1, 0.15) is 22.9 Å². The lowest BCUT2D eigenvalue weighted by Crippen LogP contribution is -2.30. The highest BCUT2D eigenvalue weighted by molar-refractivity contribution is 7.11. The number of carbonyl (C=O) groups is 2. The minimum Gasteiger partial charge on any atom is -0.495 e. The molecule has 0 saturated heterocycles. The molecule has 0 aliphatic heterocycles. The summed E-state index contributed by atoms with van der Waals surface area (Å²) in [5.74, 6) is -0.460. The number of thiophene rings is 1. The zero-order valence-electron chi connectivity index (χ0n) is 17.0. The molecule has 3 rings (SSSR count). The van der Waals surface area contributed by atoms with Gasteiger partial charge in [-0.1, -0.05) is 48.0 Å². The molecule has 0 aliphatic rings. The van der Waals surface area contributed by atoms with Gasteiger partial charge in [0.15, 0.2) is 6.10 Å². The Morgan fingerprint density at radius 3 is 2.57 bits per heavy atom. The highest BCUT2D eigenvalue weighted by atomic mass is 32.1. The van der Waals surface area contributed by atoms with Gasteiger partial charge in [0.2, 0.25) is 0 Å². The Kier molecular flexibility index (Phi) is 7.03. The number of rotatable bonds is 7. The Morgan fingerprint density at radius 2 is 1.87 bits per heavy atom. The number of ether oxygens (including phenoxy) is 2. The topological polar surface area (TPSA) is 64.6 Å². The van der Waals surface area contributed by atoms with Gasteiger partial charge in [0.25, 0.3) is 5.91 Å². The number of aryl methyl sites for hydroxylation is 1. The fourth-order valence-electron chi connectivity index (χ4n) is 2.85. The minimum absolute atomic E-state index is 0.410. The van der Waals surface area contributed by atoms with Crippen molar-refractivity contribution < 1.29 is 19.1 Å². The van der Waals surface area contributed by atoms with E-state index in [0.29, 0.717) is 17.0 Å². The summed E-state index contributed by atoms with van der Waals surface area (Å²) < 4.78 is 10.7. The van der Waals surface area contributed by atoms with E-state index in [2.05, 4.69) is 5.32 Å². The van der Waals surface area contributed by atoms with Crippen molar-refractivity contribution in [2.75, 3.05) is 12.4 Å². The third-order valence-corrected chi connectivity index (χ3v) is 5.28. The predicted molar refractivity (Wildman–Crippen MR) is 121 cm³/mol. The van der Waals surface area contributed by atoms with Crippen LogP contribution in [0.25, 0.3) is 11.6 Å². The summed E-state index contributed by atoms with van der Waals surface area (Å²) in [5.41, 5.74) is 2.91. The molecule has 0 radical (unpaired) electrons. The van der Waals surface area contributed by atoms with E-state index in [1.807, 2.05) is 48.7 Å². The first-order chi connectivity index (χ1) is 14.5. The van der Waals surface area contributed by atoms with Crippen molar-refractivity contribution in [3.05, 3.63) is 82.0 Å². The number of benzene rings is 2. The molecule has 0 fully saturated rings. The Labute approximate surface area is 180 Å². The van der Waals surface area contributed by atoms with Crippen molar-refractivity contribution in [1.82, 2.24) is 0 Å². The van der Waals surface area contributed by atoms with Gasteiger partial charge >= 0.3 is 5.97 Å². The van der Waals surface area contributed by atoms with E-state index in [4.69, 9.17) is 9.47 Å². The molecule has 1 heterocycles. The van der Waals surface area contributed by atoms with Gasteiger partial charge in [-0.2, -0.15) is 0 Å². The standard InChI is InChI=1S/C24H23NO4S/c1-16-8-6-9-18(14-16)15-19(22-12-7-13-30-22)24(27)29-17(2)23(26)25-20-10-4-5-11-21(20)28-3/h4-15,17H,1-3H3,(H,25,26)/b19-15+/t17-/m1/s1. The largest absolute Gasteiger partial charge is 0.495 e. The molecule has 1 amide bonds. The van der Waals surface area contributed by atoms with Crippen LogP contribution in [-0.2, 0) is 14.3 Å². The van der Waals surface area contributed by atoms with Gasteiger partial charge in [-0.3, -0.25) is 4.79 Å². The van der Waals surface area contributed by atoms with Gasteiger partial charge in [0.1, 0.15) is 5.75 Å². The van der Waals surface area contributed by atoms with E-state index in [1.165, 1.54) is 18.4 Å². The molecular formula is C24H23NO4S. The molecule has 30 heavy (non-hydrogen) atoms. The second kappa shape index (κ2) is 9.89. The number of hydrogen-bond donors (Lipinski definition) is 1. The predicted octanol–water partition coefficient (Wildman–Crippen LogP) is 5.18. The number of carbonyl (C=O) groups excluding carboxylic acids is 2. The zero-order chi connectivity index (χ0) is 21.5. The molecule has 3 aromatic rings. The average Bonchev–Trinajstić information content (AvgIpc) is 3.26. The van der Waals surface area contributed by atoms with E-state index in [1.54, 1.807) is 37.3 Å². The van der Waals surface area contributed by atoms with Crippen molar-refractivity contribution in [3.8, 4) is 5.75 Å². The number of para-hydroxylation sites is 2. The summed E-state index contributed by atoms with van der Waals surface area (Å²) in [6.07, 6.45) is 0.801. The molecule has 0 spiro atoms. The fraction of sp³-hybridized carbons (Fsp3) is 0.167. The Balaban J connectivity index is 1.77. The summed E-state index contributed by atoms with van der Waals surface area (Å²) in [5, 5.41) is 4.63. The summed E-state index contributed by atoms with van der Waals surface area (Å²) in [6.45, 7) is 3.53. The van der Waals surface area contributed by atoms with E-state index in [0.717, 1.165) is 16.0 Å². The molecule has 6 heteroatoms. The Hall–Kier alpha value is -3.38. The third-order valence-electron chi connectivity index (χ3n) is 4.38. The first kappa shape index (κ1) is 21.3. The summed E-state index contributed by atoms with van der Waals surface area (Å²) in [7, 11) is 1.53. The lowest BCUT2D eigenvalue weighted by molar-refractivity contribution is -0.147. The van der Waals surface area contributed by atoms with E-state index < -0.39 is 18.0 Å². The second-order valence-electron chi connectivity index (χ2n) is 6.69. The molecule has 1 aromatic heterocycles. The molecule has 1 atom stereocenters. The zero-order valence-corrected chi connectivity index (χ0v) is 17.9. The van der Waals surface area contributed by atoms with Gasteiger partial charge in [-0.25, -0.2) is 4.79 Å². The molecular weight excluding hydrogens is 398 g/mol. The van der Waals surface area contributed by atoms with Crippen molar-refractivity contribution in [1.29, 1.82) is 0 Å². The number of nitrogens with one attached hydrogen (secondary N) is 1. The van der Waals surface area contributed by atoms with Crippen LogP contribution in [0.2, 0.25) is 0 Å². The Bertz CT molecular complexity index is 1060. The SMILES string of the molecule is COc1ccccc1NC(=O)[C@@H](C)OC(=O)/C(=C/c1cccc(C)c1)c1cccs1. The monoisotopic (exact) mass is 421 g/mol. The fourth-order valence-corrected chi connectivity index (χ4v) is 3.58. The van der Waals surface area contributed by atoms with Crippen molar-refractivity contribution in [2.45, 2.75) is 20.0 Å². The number of hydrogen-bond acceptors (Lipinski definition) is 5. The number of amides is 1. The molecule has 1 N–H and O–H groups in total. The average molecular weight is 422 g/mol. The van der Waals surface area contributed by atoms with E-state index in [-0.39, 0.29) is 0 Å². The van der Waals surface area contributed by atoms with Crippen LogP contribution in [0.5, 0.6) is 5.75 Å². The quantitative estimate of drug-likeness (QED) is 0.422. The van der Waals surface area contributed by atoms with Crippen LogP contribution >= 0.6 is 11.3 Å². The van der Waals surface area contributed by atoms with Gasteiger partial charge < -0.3 is 14.8 Å². The van der Waals surface area contributed by atoms with Crippen molar-refractivity contribution in [2.24, 2.45) is 0 Å². The van der Waals surface area contributed by atoms with Gasteiger partial charge in [-0.15, -0.1) is 11.3 Å². The molecule has 2 aromatic carbocycles. The number of esters is 1. The first-order valence-electron chi connectivity index (χ1n) is 9.45. The highest BCUT2D eigenvalue weighted by Crippen LogP contribution is 2.26. The van der Waals surface area contributed by atoms with Gasteiger partial charge in [-0.05, 0) is 49.1 Å². The minimum atomic E-state index is -0.983. The third kappa shape index (κ3) is 5.36. The summed E-state index contributed by atoms with van der Waals surface area (Å²) in [4.78, 5) is 26.3. The lowest BCUT2D eigenvalue weighted by Gasteiger charge is -2.16. The van der Waals surface area contributed by atoms with Crippen LogP contribution in [0.15, 0.2) is 66.0 Å². The molecule has 0 bridgehead atoms. The second-order valence-corrected chi connectivity index (χ2v) is 7.63. The van der Waals surface area contributed by atoms with Crippen LogP contribution < -0.4 is 10.1 Å². The molecule has 5 nitrogen and oxygen atoms in total. The van der Waals surface area contributed by atoms with Gasteiger partial charge in [0, 0.05) is 4.88 Å². The number of anilines is 1. The first-order valence-corrected chi connectivity index (χ1v) is 10.3. The van der Waals surface area contributed by atoms with Crippen LogP contribution in [-0.4, -0.2) is 25.1 Å². The van der Waals surface area contributed by atoms with Crippen molar-refractivity contribution >= 4 is 40.5 Å². The van der Waals surface area contributed by atoms with Crippen molar-refractivity contribution in [3.63, 3.8) is 0 Å². The van der Waals surface area contributed by atoms with E-state index in [9.17, 15) is 9.59 Å². The molecule has 0 saturated carbocycles. The summed E-state index contributed by atoms with van der Waals surface area (Å²) in [6, 6.07) is 18.6.